The summed E-state index contributed by atoms with van der Waals surface area (Å²) in [5.41, 5.74) is -1.23. The molecule has 3 rings (SSSR count). The summed E-state index contributed by atoms with van der Waals surface area (Å²) in [5, 5.41) is 14.0. The van der Waals surface area contributed by atoms with Crippen molar-refractivity contribution in [1.82, 2.24) is 19.1 Å². The van der Waals surface area contributed by atoms with Crippen molar-refractivity contribution in [2.45, 2.75) is 11.8 Å². The molecule has 0 atom stereocenters. The molecule has 19 heteroatoms. The van der Waals surface area contributed by atoms with Crippen LogP contribution in [0.15, 0.2) is 27.2 Å². The number of carboxylic acids is 1. The fourth-order valence-electron chi connectivity index (χ4n) is 2.90. The second-order valence-electron chi connectivity index (χ2n) is 6.92. The van der Waals surface area contributed by atoms with Crippen LogP contribution in [0.4, 0.5) is 4.79 Å². The van der Waals surface area contributed by atoms with E-state index in [1.165, 1.54) is 45.7 Å². The van der Waals surface area contributed by atoms with Gasteiger partial charge in [0.2, 0.25) is 0 Å². The van der Waals surface area contributed by atoms with Crippen molar-refractivity contribution < 1.29 is 42.1 Å². The third-order valence-corrected chi connectivity index (χ3v) is 7.77. The fourth-order valence-corrected chi connectivity index (χ4v) is 5.87. The van der Waals surface area contributed by atoms with Gasteiger partial charge in [-0.1, -0.05) is 23.2 Å². The maximum atomic E-state index is 12.5. The average Bonchev–Trinajstić information content (AvgIpc) is 3.39. The number of hydrogen-bond acceptors (Lipinski definition) is 11. The van der Waals surface area contributed by atoms with E-state index in [4.69, 9.17) is 37.8 Å². The number of carbonyl (C=O) groups is 3. The van der Waals surface area contributed by atoms with Gasteiger partial charge in [0.25, 0.3) is 10.0 Å². The van der Waals surface area contributed by atoms with E-state index >= 15 is 0 Å². The van der Waals surface area contributed by atoms with Crippen molar-refractivity contribution in [2.75, 3.05) is 21.3 Å². The Morgan fingerprint density at radius 3 is 2.15 bits per heavy atom. The third kappa shape index (κ3) is 7.83. The molecule has 1 amide bonds. The van der Waals surface area contributed by atoms with Gasteiger partial charge in [-0.25, -0.2) is 36.9 Å². The number of aromatic nitrogens is 3. The Labute approximate surface area is 278 Å². The van der Waals surface area contributed by atoms with Crippen molar-refractivity contribution in [2.24, 2.45) is 7.05 Å². The first-order valence-corrected chi connectivity index (χ1v) is 13.0. The molecule has 2 aromatic heterocycles. The van der Waals surface area contributed by atoms with Gasteiger partial charge in [0, 0.05) is 17.3 Å². The van der Waals surface area contributed by atoms with Crippen LogP contribution in [0.25, 0.3) is 0 Å². The molecule has 0 aliphatic rings. The van der Waals surface area contributed by atoms with E-state index in [9.17, 15) is 27.6 Å². The number of esters is 1. The summed E-state index contributed by atoms with van der Waals surface area (Å²) >= 11 is 12.4. The number of sulfonamides is 1. The molecule has 208 valence electrons. The molecule has 0 aliphatic carbocycles. The minimum absolute atomic E-state index is 0. The van der Waals surface area contributed by atoms with Crippen LogP contribution in [-0.4, -0.2) is 119 Å². The second-order valence-corrected chi connectivity index (χ2v) is 10.4. The Balaban J connectivity index is 0.000000460. The Morgan fingerprint density at radius 1 is 1.10 bits per heavy atom. The summed E-state index contributed by atoms with van der Waals surface area (Å²) in [5.74, 6) is -1.94. The SMILES string of the molecule is COC(=O)c1csc(C)c1S(=O)(=O)NC(=O)n1nc(OC)n(C)c1=O.COc1c(Cl)ccc(Cl)c1C(=O)O.[KH]. The Kier molecular flexibility index (Phi) is 13.1. The van der Waals surface area contributed by atoms with Gasteiger partial charge in [-0.05, 0) is 19.1 Å². The first-order valence-electron chi connectivity index (χ1n) is 9.90. The monoisotopic (exact) mass is 650 g/mol. The molecular weight excluding hydrogens is 630 g/mol. The van der Waals surface area contributed by atoms with Gasteiger partial charge in [0.15, 0.2) is 5.75 Å². The van der Waals surface area contributed by atoms with Gasteiger partial charge in [0.05, 0.1) is 36.9 Å². The number of aryl methyl sites for hydroxylation is 1. The summed E-state index contributed by atoms with van der Waals surface area (Å²) in [6.07, 6.45) is 0. The number of benzene rings is 1. The number of amides is 1. The van der Waals surface area contributed by atoms with E-state index < -0.39 is 38.6 Å². The molecule has 2 heterocycles. The summed E-state index contributed by atoms with van der Waals surface area (Å²) < 4.78 is 42.1. The molecule has 0 spiro atoms. The number of nitrogens with zero attached hydrogens (tertiary/aromatic N) is 3. The number of rotatable bonds is 6. The van der Waals surface area contributed by atoms with Gasteiger partial charge in [-0.2, -0.15) is 0 Å². The minimum atomic E-state index is -4.45. The molecule has 14 nitrogen and oxygen atoms in total. The first kappa shape index (κ1) is 35.1. The predicted molar refractivity (Wildman–Crippen MR) is 143 cm³/mol. The van der Waals surface area contributed by atoms with Gasteiger partial charge in [-0.3, -0.25) is 0 Å². The molecule has 0 bridgehead atoms. The van der Waals surface area contributed by atoms with Gasteiger partial charge < -0.3 is 19.3 Å². The van der Waals surface area contributed by atoms with Crippen LogP contribution in [0.1, 0.15) is 25.6 Å². The average molecular weight is 652 g/mol. The van der Waals surface area contributed by atoms with Crippen molar-refractivity contribution in [3.63, 3.8) is 0 Å². The molecule has 0 aliphatic heterocycles. The number of aromatic carboxylic acids is 1. The quantitative estimate of drug-likeness (QED) is 0.292. The van der Waals surface area contributed by atoms with E-state index in [1.54, 1.807) is 4.72 Å². The Hall–Kier alpha value is -1.96. The number of carbonyl (C=O) groups excluding carboxylic acids is 2. The molecule has 0 saturated heterocycles. The number of carboxylic acid groups (broad SMARTS) is 1. The first-order chi connectivity index (χ1) is 17.7. The van der Waals surface area contributed by atoms with Crippen molar-refractivity contribution >= 4 is 114 Å². The predicted octanol–water partition coefficient (Wildman–Crippen LogP) is 1.75. The van der Waals surface area contributed by atoms with Gasteiger partial charge in [0.1, 0.15) is 10.5 Å². The fraction of sp³-hybridized carbons (Fsp3) is 0.250. The normalized spacial score (nSPS) is 10.4. The molecule has 0 saturated carbocycles. The topological polar surface area (TPSA) is 185 Å². The summed E-state index contributed by atoms with van der Waals surface area (Å²) in [4.78, 5) is 46.4. The maximum absolute atomic E-state index is 12.5. The molecular formula is C20H21Cl2KN4O10S2. The van der Waals surface area contributed by atoms with Crippen LogP contribution in [0.5, 0.6) is 11.8 Å². The second kappa shape index (κ2) is 14.6. The van der Waals surface area contributed by atoms with Crippen molar-refractivity contribution in [3.05, 3.63) is 54.0 Å². The molecule has 39 heavy (non-hydrogen) atoms. The van der Waals surface area contributed by atoms with E-state index in [-0.39, 0.29) is 89.2 Å². The standard InChI is InChI=1S/C12H14N4O7S2.C8H6Cl2O3.K.H/c1-6-8(7(5-24-6)9(17)22-3)25(20,21)14-10(18)16-12(19)15(2)11(13-16)23-4;1-13-7-5(10)3-2-4(9)6(7)8(11)12;;/h5H,1-4H3,(H,14,18);2-3H,1H3,(H,11,12);;. The molecule has 2 N–H and O–H groups in total. The van der Waals surface area contributed by atoms with Crippen molar-refractivity contribution in [1.29, 1.82) is 0 Å². The van der Waals surface area contributed by atoms with E-state index in [2.05, 4.69) is 9.84 Å². The molecule has 0 unspecified atom stereocenters. The van der Waals surface area contributed by atoms with Crippen LogP contribution in [-0.2, 0) is 21.8 Å². The Morgan fingerprint density at radius 2 is 1.69 bits per heavy atom. The zero-order valence-corrected chi connectivity index (χ0v) is 23.4. The van der Waals surface area contributed by atoms with Gasteiger partial charge >= 0.3 is 81.1 Å². The number of hydrogen-bond donors (Lipinski definition) is 2. The van der Waals surface area contributed by atoms with E-state index in [0.29, 0.717) is 4.68 Å². The van der Waals surface area contributed by atoms with Gasteiger partial charge in [-0.15, -0.1) is 21.1 Å². The van der Waals surface area contributed by atoms with Crippen LogP contribution in [0.3, 0.4) is 0 Å². The Bertz CT molecular complexity index is 1570. The summed E-state index contributed by atoms with van der Waals surface area (Å²) in [7, 11) is 0.522. The van der Waals surface area contributed by atoms with E-state index in [1.807, 2.05) is 0 Å². The number of thiophene rings is 1. The van der Waals surface area contributed by atoms with Crippen LogP contribution >= 0.6 is 34.5 Å². The number of methoxy groups -OCH3 is 3. The molecule has 0 radical (unpaired) electrons. The zero-order chi connectivity index (χ0) is 28.9. The van der Waals surface area contributed by atoms with Crippen LogP contribution in [0, 0.1) is 6.92 Å². The van der Waals surface area contributed by atoms with E-state index in [0.717, 1.165) is 23.0 Å². The molecule has 0 fully saturated rings. The van der Waals surface area contributed by atoms with Crippen molar-refractivity contribution in [3.8, 4) is 11.8 Å². The van der Waals surface area contributed by atoms with Crippen LogP contribution in [0.2, 0.25) is 10.0 Å². The summed E-state index contributed by atoms with van der Waals surface area (Å²) in [6, 6.07) is 1.40. The third-order valence-electron chi connectivity index (χ3n) is 4.61. The number of nitrogens with one attached hydrogen (secondary N) is 1. The zero-order valence-electron chi connectivity index (χ0n) is 20.3. The number of halogens is 2. The molecule has 1 aromatic carbocycles. The number of ether oxygens (including phenoxy) is 3. The van der Waals surface area contributed by atoms with Crippen LogP contribution < -0.4 is 19.9 Å². The molecule has 3 aromatic rings. The summed E-state index contributed by atoms with van der Waals surface area (Å²) in [6.45, 7) is 1.46.